The standard InChI is InChI=1S/C30H29N3O4/c1-3-36-28-17-22(19-31-33-30(35)18-29(34)32-26-14-7-4-9-21(26)2)15-16-27(28)37-20-24-12-8-11-23-10-5-6-13-25(23)24/h4-17,19H,3,18,20H2,1-2H3,(H,32,34)(H,33,35). The van der Waals surface area contributed by atoms with Crippen LogP contribution in [0.3, 0.4) is 0 Å². The average molecular weight is 496 g/mol. The number of carbonyl (C=O) groups excluding carboxylic acids is 2. The molecule has 0 bridgehead atoms. The lowest BCUT2D eigenvalue weighted by molar-refractivity contribution is -0.126. The molecule has 0 fully saturated rings. The van der Waals surface area contributed by atoms with Crippen LogP contribution in [0.25, 0.3) is 10.8 Å². The van der Waals surface area contributed by atoms with Gasteiger partial charge in [-0.1, -0.05) is 60.7 Å². The van der Waals surface area contributed by atoms with E-state index in [0.29, 0.717) is 36.0 Å². The first-order valence-corrected chi connectivity index (χ1v) is 12.1. The predicted octanol–water partition coefficient (Wildman–Crippen LogP) is 5.60. The van der Waals surface area contributed by atoms with Gasteiger partial charge in [0.25, 0.3) is 0 Å². The zero-order valence-electron chi connectivity index (χ0n) is 20.9. The molecule has 2 amide bonds. The fourth-order valence-corrected chi connectivity index (χ4v) is 3.84. The number of fused-ring (bicyclic) bond motifs is 1. The van der Waals surface area contributed by atoms with Crippen molar-refractivity contribution in [3.8, 4) is 11.5 Å². The molecule has 0 radical (unpaired) electrons. The van der Waals surface area contributed by atoms with Crippen LogP contribution in [-0.4, -0.2) is 24.6 Å². The van der Waals surface area contributed by atoms with Gasteiger partial charge >= 0.3 is 0 Å². The summed E-state index contributed by atoms with van der Waals surface area (Å²) < 4.78 is 11.9. The van der Waals surface area contributed by atoms with E-state index in [0.717, 1.165) is 21.9 Å². The largest absolute Gasteiger partial charge is 0.490 e. The Hall–Kier alpha value is -4.65. The summed E-state index contributed by atoms with van der Waals surface area (Å²) in [6, 6.07) is 27.1. The molecule has 2 N–H and O–H groups in total. The first-order valence-electron chi connectivity index (χ1n) is 12.1. The maximum atomic E-state index is 12.1. The van der Waals surface area contributed by atoms with Crippen molar-refractivity contribution in [3.63, 3.8) is 0 Å². The summed E-state index contributed by atoms with van der Waals surface area (Å²) in [5, 5.41) is 9.02. The van der Waals surface area contributed by atoms with E-state index in [9.17, 15) is 9.59 Å². The third kappa shape index (κ3) is 6.95. The molecule has 37 heavy (non-hydrogen) atoms. The highest BCUT2D eigenvalue weighted by Gasteiger charge is 2.11. The van der Waals surface area contributed by atoms with E-state index in [1.165, 1.54) is 6.21 Å². The molecule has 0 unspecified atom stereocenters. The zero-order valence-corrected chi connectivity index (χ0v) is 20.9. The van der Waals surface area contributed by atoms with Crippen molar-refractivity contribution in [2.75, 3.05) is 11.9 Å². The summed E-state index contributed by atoms with van der Waals surface area (Å²) in [5.74, 6) is 0.273. The number of amides is 2. The van der Waals surface area contributed by atoms with Crippen molar-refractivity contribution in [1.82, 2.24) is 5.43 Å². The predicted molar refractivity (Wildman–Crippen MR) is 146 cm³/mol. The number of carbonyl (C=O) groups is 2. The second-order valence-corrected chi connectivity index (χ2v) is 8.40. The first-order chi connectivity index (χ1) is 18.0. The van der Waals surface area contributed by atoms with Crippen LogP contribution in [0.1, 0.15) is 30.0 Å². The van der Waals surface area contributed by atoms with Crippen LogP contribution in [0.2, 0.25) is 0 Å². The molecule has 4 rings (SSSR count). The third-order valence-corrected chi connectivity index (χ3v) is 5.67. The smallest absolute Gasteiger partial charge is 0.249 e. The lowest BCUT2D eigenvalue weighted by Gasteiger charge is -2.13. The number of rotatable bonds is 10. The maximum Gasteiger partial charge on any atom is 0.249 e. The topological polar surface area (TPSA) is 89.0 Å². The highest BCUT2D eigenvalue weighted by molar-refractivity contribution is 6.04. The minimum Gasteiger partial charge on any atom is -0.490 e. The molecule has 0 atom stereocenters. The van der Waals surface area contributed by atoms with Crippen molar-refractivity contribution in [3.05, 3.63) is 102 Å². The van der Waals surface area contributed by atoms with Gasteiger partial charge in [0, 0.05) is 5.69 Å². The molecule has 4 aromatic rings. The Bertz CT molecular complexity index is 1430. The van der Waals surface area contributed by atoms with E-state index in [1.54, 1.807) is 12.1 Å². The third-order valence-electron chi connectivity index (χ3n) is 5.67. The molecular formula is C30H29N3O4. The molecule has 0 aliphatic heterocycles. The van der Waals surface area contributed by atoms with Gasteiger partial charge in [0.05, 0.1) is 12.8 Å². The van der Waals surface area contributed by atoms with Gasteiger partial charge in [-0.3, -0.25) is 9.59 Å². The van der Waals surface area contributed by atoms with E-state index < -0.39 is 11.8 Å². The van der Waals surface area contributed by atoms with Crippen LogP contribution < -0.4 is 20.2 Å². The van der Waals surface area contributed by atoms with Crippen LogP contribution in [0.15, 0.2) is 90.0 Å². The second kappa shape index (κ2) is 12.4. The van der Waals surface area contributed by atoms with Crippen molar-refractivity contribution < 1.29 is 19.1 Å². The first kappa shape index (κ1) is 25.4. The van der Waals surface area contributed by atoms with Crippen LogP contribution in [-0.2, 0) is 16.2 Å². The molecule has 7 nitrogen and oxygen atoms in total. The van der Waals surface area contributed by atoms with E-state index in [1.807, 2.05) is 68.4 Å². The van der Waals surface area contributed by atoms with Crippen LogP contribution in [0.5, 0.6) is 11.5 Å². The van der Waals surface area contributed by atoms with E-state index in [4.69, 9.17) is 9.47 Å². The summed E-state index contributed by atoms with van der Waals surface area (Å²) in [4.78, 5) is 24.3. The highest BCUT2D eigenvalue weighted by atomic mass is 16.5. The molecular weight excluding hydrogens is 466 g/mol. The Morgan fingerprint density at radius 1 is 0.865 bits per heavy atom. The average Bonchev–Trinajstić information content (AvgIpc) is 2.89. The number of aryl methyl sites for hydroxylation is 1. The van der Waals surface area contributed by atoms with Gasteiger partial charge in [-0.05, 0) is 65.6 Å². The lowest BCUT2D eigenvalue weighted by atomic mass is 10.1. The number of nitrogens with zero attached hydrogens (tertiary/aromatic N) is 1. The Morgan fingerprint density at radius 2 is 1.65 bits per heavy atom. The minimum atomic E-state index is -0.512. The van der Waals surface area contributed by atoms with Crippen LogP contribution in [0.4, 0.5) is 5.69 Å². The number of ether oxygens (including phenoxy) is 2. The summed E-state index contributed by atoms with van der Waals surface area (Å²) in [5.41, 5.74) is 5.78. The van der Waals surface area contributed by atoms with Gasteiger partial charge < -0.3 is 14.8 Å². The SMILES string of the molecule is CCOc1cc(C=NNC(=O)CC(=O)Nc2ccccc2C)ccc1OCc1cccc2ccccc12. The summed E-state index contributed by atoms with van der Waals surface area (Å²) in [6.07, 6.45) is 1.16. The fourth-order valence-electron chi connectivity index (χ4n) is 3.84. The molecule has 0 aliphatic rings. The molecule has 0 heterocycles. The number of nitrogens with one attached hydrogen (secondary N) is 2. The highest BCUT2D eigenvalue weighted by Crippen LogP contribution is 2.30. The molecule has 0 spiro atoms. The summed E-state index contributed by atoms with van der Waals surface area (Å²) in [7, 11) is 0. The quantitative estimate of drug-likeness (QED) is 0.170. The molecule has 7 heteroatoms. The van der Waals surface area contributed by atoms with Crippen molar-refractivity contribution >= 4 is 34.5 Å². The van der Waals surface area contributed by atoms with Crippen molar-refractivity contribution in [2.24, 2.45) is 5.10 Å². The molecule has 4 aromatic carbocycles. The van der Waals surface area contributed by atoms with Gasteiger partial charge in [0.1, 0.15) is 13.0 Å². The normalized spacial score (nSPS) is 10.9. The van der Waals surface area contributed by atoms with E-state index in [2.05, 4.69) is 34.0 Å². The summed E-state index contributed by atoms with van der Waals surface area (Å²) in [6.45, 7) is 4.65. The minimum absolute atomic E-state index is 0.336. The Balaban J connectivity index is 1.35. The second-order valence-electron chi connectivity index (χ2n) is 8.40. The molecule has 0 saturated heterocycles. The van der Waals surface area contributed by atoms with Gasteiger partial charge in [0.2, 0.25) is 11.8 Å². The number of hydrogen-bond acceptors (Lipinski definition) is 5. The molecule has 0 aliphatic carbocycles. The van der Waals surface area contributed by atoms with Crippen LogP contribution >= 0.6 is 0 Å². The van der Waals surface area contributed by atoms with Gasteiger partial charge in [-0.15, -0.1) is 0 Å². The number of anilines is 1. The van der Waals surface area contributed by atoms with Gasteiger partial charge in [-0.2, -0.15) is 5.10 Å². The van der Waals surface area contributed by atoms with E-state index in [-0.39, 0.29) is 6.42 Å². The van der Waals surface area contributed by atoms with Crippen molar-refractivity contribution in [1.29, 1.82) is 0 Å². The molecule has 188 valence electrons. The Labute approximate surface area is 216 Å². The van der Waals surface area contributed by atoms with Gasteiger partial charge in [-0.25, -0.2) is 5.43 Å². The summed E-state index contributed by atoms with van der Waals surface area (Å²) >= 11 is 0. The lowest BCUT2D eigenvalue weighted by Crippen LogP contribution is -2.24. The number of hydrazone groups is 1. The zero-order chi connectivity index (χ0) is 26.0. The monoisotopic (exact) mass is 495 g/mol. The van der Waals surface area contributed by atoms with E-state index >= 15 is 0 Å². The number of para-hydroxylation sites is 1. The molecule has 0 saturated carbocycles. The molecule has 0 aromatic heterocycles. The van der Waals surface area contributed by atoms with Crippen LogP contribution in [0, 0.1) is 6.92 Å². The van der Waals surface area contributed by atoms with Crippen molar-refractivity contribution in [2.45, 2.75) is 26.9 Å². The Kier molecular flexibility index (Phi) is 8.49. The number of benzene rings is 4. The maximum absolute atomic E-state index is 12.1. The fraction of sp³-hybridized carbons (Fsp3) is 0.167. The Morgan fingerprint density at radius 3 is 2.49 bits per heavy atom. The number of hydrogen-bond donors (Lipinski definition) is 2. The van der Waals surface area contributed by atoms with Gasteiger partial charge in [0.15, 0.2) is 11.5 Å².